The zero-order valence-corrected chi connectivity index (χ0v) is 11.3. The van der Waals surface area contributed by atoms with E-state index in [0.29, 0.717) is 6.54 Å². The Kier molecular flexibility index (Phi) is 2.81. The molecule has 1 aliphatic heterocycles. The van der Waals surface area contributed by atoms with Crippen molar-refractivity contribution in [3.05, 3.63) is 28.8 Å². The molecule has 2 N–H and O–H groups in total. The van der Waals surface area contributed by atoms with Crippen LogP contribution in [0.1, 0.15) is 18.4 Å². The third-order valence-electron chi connectivity index (χ3n) is 4.63. The molecule has 0 radical (unpaired) electrons. The quantitative estimate of drug-likeness (QED) is 0.911. The molecule has 18 heavy (non-hydrogen) atoms. The van der Waals surface area contributed by atoms with E-state index < -0.39 is 0 Å². The van der Waals surface area contributed by atoms with E-state index in [-0.39, 0.29) is 10.8 Å². The van der Waals surface area contributed by atoms with Crippen LogP contribution < -0.4 is 10.5 Å². The molecule has 1 aliphatic carbocycles. The van der Waals surface area contributed by atoms with Crippen molar-refractivity contribution in [1.82, 2.24) is 0 Å². The predicted molar refractivity (Wildman–Crippen MR) is 71.2 cm³/mol. The molecule has 3 nitrogen and oxygen atoms in total. The van der Waals surface area contributed by atoms with Crippen LogP contribution in [0.4, 0.5) is 0 Å². The second kappa shape index (κ2) is 4.12. The lowest BCUT2D eigenvalue weighted by atomic mass is 9.65. The first-order chi connectivity index (χ1) is 8.67. The molecule has 0 amide bonds. The van der Waals surface area contributed by atoms with Gasteiger partial charge in [0, 0.05) is 10.6 Å². The number of nitrogens with two attached hydrogens (primary N) is 1. The molecule has 0 unspecified atom stereocenters. The molecule has 1 aromatic rings. The van der Waals surface area contributed by atoms with Gasteiger partial charge in [-0.25, -0.2) is 0 Å². The van der Waals surface area contributed by atoms with Crippen LogP contribution in [-0.2, 0) is 10.2 Å². The molecule has 0 atom stereocenters. The van der Waals surface area contributed by atoms with Crippen LogP contribution in [0.15, 0.2) is 18.2 Å². The standard InChI is InChI=1S/C14H18ClNO2/c1-17-12-3-2-10(15)6-11(12)14(8-18-9-14)13(7-16)4-5-13/h2-3,6H,4-5,7-9,16H2,1H3. The van der Waals surface area contributed by atoms with Gasteiger partial charge in [0.2, 0.25) is 0 Å². The van der Waals surface area contributed by atoms with Gasteiger partial charge < -0.3 is 15.2 Å². The predicted octanol–water partition coefficient (Wildman–Crippen LogP) is 2.36. The van der Waals surface area contributed by atoms with Crippen molar-refractivity contribution in [2.45, 2.75) is 18.3 Å². The molecular weight excluding hydrogens is 250 g/mol. The van der Waals surface area contributed by atoms with Crippen LogP contribution in [0, 0.1) is 5.41 Å². The minimum absolute atomic E-state index is 0.00199. The number of methoxy groups -OCH3 is 1. The van der Waals surface area contributed by atoms with Gasteiger partial charge in [0.05, 0.1) is 25.7 Å². The Bertz CT molecular complexity index is 467. The molecule has 2 aliphatic rings. The fourth-order valence-electron chi connectivity index (χ4n) is 3.14. The average molecular weight is 268 g/mol. The third-order valence-corrected chi connectivity index (χ3v) is 4.87. The minimum atomic E-state index is -0.00199. The van der Waals surface area contributed by atoms with Crippen LogP contribution >= 0.6 is 11.6 Å². The number of hydrogen-bond acceptors (Lipinski definition) is 3. The summed E-state index contributed by atoms with van der Waals surface area (Å²) in [5.41, 5.74) is 7.34. The van der Waals surface area contributed by atoms with Gasteiger partial charge in [0.15, 0.2) is 0 Å². The fraction of sp³-hybridized carbons (Fsp3) is 0.571. The smallest absolute Gasteiger partial charge is 0.122 e. The van der Waals surface area contributed by atoms with Crippen LogP contribution in [0.3, 0.4) is 0 Å². The topological polar surface area (TPSA) is 44.5 Å². The van der Waals surface area contributed by atoms with Crippen molar-refractivity contribution < 1.29 is 9.47 Å². The highest BCUT2D eigenvalue weighted by Crippen LogP contribution is 2.63. The largest absolute Gasteiger partial charge is 0.496 e. The Morgan fingerprint density at radius 1 is 1.39 bits per heavy atom. The van der Waals surface area contributed by atoms with E-state index in [2.05, 4.69) is 0 Å². The maximum Gasteiger partial charge on any atom is 0.122 e. The first-order valence-corrected chi connectivity index (χ1v) is 6.67. The number of benzene rings is 1. The lowest BCUT2D eigenvalue weighted by molar-refractivity contribution is -0.0981. The molecule has 1 saturated carbocycles. The lowest BCUT2D eigenvalue weighted by Gasteiger charge is -2.48. The summed E-state index contributed by atoms with van der Waals surface area (Å²) in [7, 11) is 1.70. The highest BCUT2D eigenvalue weighted by molar-refractivity contribution is 6.30. The van der Waals surface area contributed by atoms with E-state index >= 15 is 0 Å². The highest BCUT2D eigenvalue weighted by atomic mass is 35.5. The molecule has 1 aromatic carbocycles. The number of halogens is 1. The first kappa shape index (κ1) is 12.3. The zero-order chi connectivity index (χ0) is 12.8. The maximum atomic E-state index is 6.15. The Morgan fingerprint density at radius 2 is 2.11 bits per heavy atom. The summed E-state index contributed by atoms with van der Waals surface area (Å²) >= 11 is 6.15. The number of ether oxygens (including phenoxy) is 2. The van der Waals surface area contributed by atoms with Gasteiger partial charge in [-0.1, -0.05) is 11.6 Å². The van der Waals surface area contributed by atoms with Crippen LogP contribution in [0.5, 0.6) is 5.75 Å². The highest BCUT2D eigenvalue weighted by Gasteiger charge is 2.63. The Hall–Kier alpha value is -0.770. The third kappa shape index (κ3) is 1.51. The summed E-state index contributed by atoms with van der Waals surface area (Å²) in [6, 6.07) is 5.81. The van der Waals surface area contributed by atoms with Crippen molar-refractivity contribution in [2.75, 3.05) is 26.9 Å². The van der Waals surface area contributed by atoms with Gasteiger partial charge in [0.25, 0.3) is 0 Å². The Balaban J connectivity index is 2.09. The fourth-order valence-corrected chi connectivity index (χ4v) is 3.31. The molecule has 2 fully saturated rings. The van der Waals surface area contributed by atoms with Crippen molar-refractivity contribution in [1.29, 1.82) is 0 Å². The van der Waals surface area contributed by atoms with Gasteiger partial charge >= 0.3 is 0 Å². The zero-order valence-electron chi connectivity index (χ0n) is 10.5. The van der Waals surface area contributed by atoms with Crippen molar-refractivity contribution in [2.24, 2.45) is 11.1 Å². The van der Waals surface area contributed by atoms with Crippen LogP contribution in [0.2, 0.25) is 5.02 Å². The molecule has 4 heteroatoms. The van der Waals surface area contributed by atoms with E-state index in [1.807, 2.05) is 18.2 Å². The van der Waals surface area contributed by atoms with Crippen LogP contribution in [-0.4, -0.2) is 26.9 Å². The van der Waals surface area contributed by atoms with Crippen LogP contribution in [0.25, 0.3) is 0 Å². The molecule has 98 valence electrons. The molecule has 0 bridgehead atoms. The van der Waals surface area contributed by atoms with Crippen molar-refractivity contribution >= 4 is 11.6 Å². The second-order valence-electron chi connectivity index (χ2n) is 5.40. The summed E-state index contributed by atoms with van der Waals surface area (Å²) in [6.07, 6.45) is 2.34. The van der Waals surface area contributed by atoms with Crippen molar-refractivity contribution in [3.8, 4) is 5.75 Å². The molecule has 3 rings (SSSR count). The molecule has 1 saturated heterocycles. The number of hydrogen-bond donors (Lipinski definition) is 1. The summed E-state index contributed by atoms with van der Waals surface area (Å²) in [5.74, 6) is 0.891. The van der Waals surface area contributed by atoms with E-state index in [1.54, 1.807) is 7.11 Å². The molecule has 1 heterocycles. The van der Waals surface area contributed by atoms with E-state index in [1.165, 1.54) is 12.8 Å². The van der Waals surface area contributed by atoms with Gasteiger partial charge in [0.1, 0.15) is 5.75 Å². The number of rotatable bonds is 4. The monoisotopic (exact) mass is 267 g/mol. The average Bonchev–Trinajstić information content (AvgIpc) is 3.09. The van der Waals surface area contributed by atoms with E-state index in [4.69, 9.17) is 26.8 Å². The summed E-state index contributed by atoms with van der Waals surface area (Å²) in [6.45, 7) is 2.15. The Labute approximate surface area is 112 Å². The summed E-state index contributed by atoms with van der Waals surface area (Å²) < 4.78 is 11.0. The second-order valence-corrected chi connectivity index (χ2v) is 5.84. The van der Waals surface area contributed by atoms with Gasteiger partial charge in [-0.15, -0.1) is 0 Å². The SMILES string of the molecule is COc1ccc(Cl)cc1C1(C2(CN)CC2)COC1. The van der Waals surface area contributed by atoms with Gasteiger partial charge in [-0.2, -0.15) is 0 Å². The van der Waals surface area contributed by atoms with E-state index in [9.17, 15) is 0 Å². The Morgan fingerprint density at radius 3 is 2.56 bits per heavy atom. The molecular formula is C14H18ClNO2. The van der Waals surface area contributed by atoms with Gasteiger partial charge in [-0.05, 0) is 43.0 Å². The maximum absolute atomic E-state index is 6.15. The normalized spacial score (nSPS) is 23.3. The molecule has 0 aromatic heterocycles. The summed E-state index contributed by atoms with van der Waals surface area (Å²) in [5, 5.41) is 0.741. The molecule has 0 spiro atoms. The van der Waals surface area contributed by atoms with E-state index in [0.717, 1.165) is 29.5 Å². The minimum Gasteiger partial charge on any atom is -0.496 e. The lowest BCUT2D eigenvalue weighted by Crippen LogP contribution is -2.56. The van der Waals surface area contributed by atoms with Gasteiger partial charge in [-0.3, -0.25) is 0 Å². The summed E-state index contributed by atoms with van der Waals surface area (Å²) in [4.78, 5) is 0. The van der Waals surface area contributed by atoms with Crippen molar-refractivity contribution in [3.63, 3.8) is 0 Å². The first-order valence-electron chi connectivity index (χ1n) is 6.29.